The first-order valence-corrected chi connectivity index (χ1v) is 8.60. The number of hydrogen-bond donors (Lipinski definition) is 2. The van der Waals surface area contributed by atoms with Gasteiger partial charge in [-0.05, 0) is 38.7 Å². The molecule has 4 rings (SSSR count). The average Bonchev–Trinajstić information content (AvgIpc) is 3.18. The van der Waals surface area contributed by atoms with Crippen LogP contribution in [0.4, 0.5) is 0 Å². The van der Waals surface area contributed by atoms with Gasteiger partial charge in [-0.1, -0.05) is 0 Å². The molecule has 8 nitrogen and oxygen atoms in total. The molecule has 0 radical (unpaired) electrons. The van der Waals surface area contributed by atoms with Crippen molar-refractivity contribution in [1.29, 1.82) is 0 Å². The van der Waals surface area contributed by atoms with Crippen LogP contribution in [0.15, 0.2) is 18.5 Å². The van der Waals surface area contributed by atoms with E-state index >= 15 is 0 Å². The summed E-state index contributed by atoms with van der Waals surface area (Å²) < 4.78 is 1.72. The van der Waals surface area contributed by atoms with E-state index in [-0.39, 0.29) is 5.91 Å². The van der Waals surface area contributed by atoms with Gasteiger partial charge in [0.25, 0.3) is 5.91 Å². The standard InChI is InChI=1S/C17H21N5O3/c1-11-18-6-9-22(11)17(16(24)25)4-7-21(8-5-17)15(23)14-10-13(19-20-14)12-2-3-12/h6,9-10,12H,2-5,7-8H2,1H3,(H,19,20)(H,24,25). The number of aliphatic carboxylic acids is 1. The van der Waals surface area contributed by atoms with Crippen molar-refractivity contribution in [3.8, 4) is 0 Å². The maximum Gasteiger partial charge on any atom is 0.330 e. The number of aromatic amines is 1. The van der Waals surface area contributed by atoms with Crippen molar-refractivity contribution in [2.75, 3.05) is 13.1 Å². The molecular formula is C17H21N5O3. The lowest BCUT2D eigenvalue weighted by atomic mass is 9.86. The van der Waals surface area contributed by atoms with Crippen LogP contribution in [-0.4, -0.2) is 54.7 Å². The molecule has 1 aliphatic heterocycles. The summed E-state index contributed by atoms with van der Waals surface area (Å²) in [5.74, 6) is 0.170. The minimum absolute atomic E-state index is 0.135. The Balaban J connectivity index is 1.50. The molecule has 8 heteroatoms. The van der Waals surface area contributed by atoms with Crippen LogP contribution in [0.2, 0.25) is 0 Å². The first kappa shape index (κ1) is 15.9. The number of carbonyl (C=O) groups is 2. The first-order chi connectivity index (χ1) is 12.0. The van der Waals surface area contributed by atoms with E-state index in [0.29, 0.717) is 43.4 Å². The number of aromatic nitrogens is 4. The Bertz CT molecular complexity index is 812. The van der Waals surface area contributed by atoms with Gasteiger partial charge in [0.2, 0.25) is 0 Å². The average molecular weight is 343 g/mol. The number of nitrogens with one attached hydrogen (secondary N) is 1. The van der Waals surface area contributed by atoms with Crippen LogP contribution >= 0.6 is 0 Å². The number of piperidine rings is 1. The molecule has 0 aromatic carbocycles. The summed E-state index contributed by atoms with van der Waals surface area (Å²) in [4.78, 5) is 30.5. The van der Waals surface area contributed by atoms with Gasteiger partial charge in [0.05, 0.1) is 0 Å². The number of hydrogen-bond acceptors (Lipinski definition) is 4. The SMILES string of the molecule is Cc1nccn1C1(C(=O)O)CCN(C(=O)c2cc(C3CC3)[nH]n2)CC1. The van der Waals surface area contributed by atoms with Crippen molar-refractivity contribution in [3.63, 3.8) is 0 Å². The molecule has 0 spiro atoms. The molecule has 0 unspecified atom stereocenters. The van der Waals surface area contributed by atoms with E-state index in [4.69, 9.17) is 0 Å². The third-order valence-corrected chi connectivity index (χ3v) is 5.40. The van der Waals surface area contributed by atoms with Crippen molar-refractivity contribution in [2.45, 2.75) is 44.1 Å². The van der Waals surface area contributed by atoms with Crippen molar-refractivity contribution < 1.29 is 14.7 Å². The van der Waals surface area contributed by atoms with E-state index in [9.17, 15) is 14.7 Å². The summed E-state index contributed by atoms with van der Waals surface area (Å²) in [7, 11) is 0. The lowest BCUT2D eigenvalue weighted by Gasteiger charge is -2.40. The van der Waals surface area contributed by atoms with E-state index in [0.717, 1.165) is 18.5 Å². The Kier molecular flexibility index (Phi) is 3.63. The third-order valence-electron chi connectivity index (χ3n) is 5.40. The van der Waals surface area contributed by atoms with Gasteiger partial charge in [0.15, 0.2) is 0 Å². The zero-order chi connectivity index (χ0) is 17.6. The largest absolute Gasteiger partial charge is 0.479 e. The number of carbonyl (C=O) groups excluding carboxylic acids is 1. The van der Waals surface area contributed by atoms with Gasteiger partial charge in [0, 0.05) is 37.1 Å². The summed E-state index contributed by atoms with van der Waals surface area (Å²) in [6.07, 6.45) is 6.31. The molecule has 2 aromatic rings. The number of likely N-dealkylation sites (tertiary alicyclic amines) is 1. The number of carboxylic acid groups (broad SMARTS) is 1. The molecule has 1 saturated heterocycles. The van der Waals surface area contributed by atoms with Crippen LogP contribution in [-0.2, 0) is 10.3 Å². The van der Waals surface area contributed by atoms with Crippen molar-refractivity contribution in [1.82, 2.24) is 24.6 Å². The molecule has 0 bridgehead atoms. The number of imidazole rings is 1. The van der Waals surface area contributed by atoms with E-state index in [1.54, 1.807) is 28.8 Å². The molecule has 25 heavy (non-hydrogen) atoms. The quantitative estimate of drug-likeness (QED) is 0.875. The number of carboxylic acids is 1. The van der Waals surface area contributed by atoms with E-state index in [2.05, 4.69) is 15.2 Å². The molecule has 1 aliphatic carbocycles. The maximum atomic E-state index is 12.7. The zero-order valence-corrected chi connectivity index (χ0v) is 14.1. The summed E-state index contributed by atoms with van der Waals surface area (Å²) in [6.45, 7) is 2.56. The number of rotatable bonds is 4. The summed E-state index contributed by atoms with van der Waals surface area (Å²) in [5.41, 5.74) is 0.403. The minimum atomic E-state index is -1.04. The molecule has 0 atom stereocenters. The fraction of sp³-hybridized carbons (Fsp3) is 0.529. The van der Waals surface area contributed by atoms with E-state index < -0.39 is 11.5 Å². The van der Waals surface area contributed by atoms with E-state index in [1.165, 1.54) is 0 Å². The lowest BCUT2D eigenvalue weighted by Crippen LogP contribution is -2.52. The van der Waals surface area contributed by atoms with Crippen LogP contribution in [0.1, 0.15) is 53.6 Å². The molecule has 1 amide bonds. The summed E-state index contributed by atoms with van der Waals surface area (Å²) in [6, 6.07) is 1.83. The Morgan fingerprint density at radius 3 is 2.60 bits per heavy atom. The topological polar surface area (TPSA) is 104 Å². The zero-order valence-electron chi connectivity index (χ0n) is 14.1. The fourth-order valence-electron chi connectivity index (χ4n) is 3.68. The fourth-order valence-corrected chi connectivity index (χ4v) is 3.68. The minimum Gasteiger partial charge on any atom is -0.479 e. The van der Waals surface area contributed by atoms with E-state index in [1.807, 2.05) is 6.07 Å². The maximum absolute atomic E-state index is 12.7. The Labute approximate surface area is 144 Å². The van der Waals surface area contributed by atoms with Crippen LogP contribution in [0.5, 0.6) is 0 Å². The molecule has 2 fully saturated rings. The van der Waals surface area contributed by atoms with Crippen LogP contribution < -0.4 is 0 Å². The number of aryl methyl sites for hydroxylation is 1. The van der Waals surface area contributed by atoms with Gasteiger partial charge in [-0.25, -0.2) is 9.78 Å². The highest BCUT2D eigenvalue weighted by Gasteiger charge is 2.45. The van der Waals surface area contributed by atoms with Gasteiger partial charge in [-0.15, -0.1) is 0 Å². The molecular weight excluding hydrogens is 322 g/mol. The van der Waals surface area contributed by atoms with Gasteiger partial charge in [-0.2, -0.15) is 5.10 Å². The third kappa shape index (κ3) is 2.61. The Hall–Kier alpha value is -2.64. The second-order valence-corrected chi connectivity index (χ2v) is 6.96. The second kappa shape index (κ2) is 5.72. The molecule has 2 aromatic heterocycles. The van der Waals surface area contributed by atoms with Gasteiger partial charge in [-0.3, -0.25) is 9.89 Å². The van der Waals surface area contributed by atoms with Crippen molar-refractivity contribution >= 4 is 11.9 Å². The first-order valence-electron chi connectivity index (χ1n) is 8.60. The summed E-state index contributed by atoms with van der Waals surface area (Å²) in [5, 5.41) is 16.9. The number of H-pyrrole nitrogens is 1. The molecule has 1 saturated carbocycles. The van der Waals surface area contributed by atoms with Gasteiger partial charge >= 0.3 is 5.97 Å². The van der Waals surface area contributed by atoms with Gasteiger partial charge in [0.1, 0.15) is 17.1 Å². The molecule has 132 valence electrons. The normalized spacial score (nSPS) is 19.8. The van der Waals surface area contributed by atoms with Crippen molar-refractivity contribution in [3.05, 3.63) is 35.7 Å². The Morgan fingerprint density at radius 1 is 1.32 bits per heavy atom. The lowest BCUT2D eigenvalue weighted by molar-refractivity contribution is -0.150. The highest BCUT2D eigenvalue weighted by atomic mass is 16.4. The molecule has 2 aliphatic rings. The highest BCUT2D eigenvalue weighted by Crippen LogP contribution is 2.39. The smallest absolute Gasteiger partial charge is 0.330 e. The molecule has 3 heterocycles. The van der Waals surface area contributed by atoms with Crippen LogP contribution in [0.25, 0.3) is 0 Å². The number of nitrogens with zero attached hydrogens (tertiary/aromatic N) is 4. The summed E-state index contributed by atoms with van der Waals surface area (Å²) >= 11 is 0. The predicted octanol–water partition coefficient (Wildman–Crippen LogP) is 1.51. The molecule has 2 N–H and O–H groups in total. The highest BCUT2D eigenvalue weighted by molar-refractivity contribution is 5.92. The van der Waals surface area contributed by atoms with Crippen LogP contribution in [0.3, 0.4) is 0 Å². The van der Waals surface area contributed by atoms with Crippen molar-refractivity contribution in [2.24, 2.45) is 0 Å². The monoisotopic (exact) mass is 343 g/mol. The Morgan fingerprint density at radius 2 is 2.04 bits per heavy atom. The van der Waals surface area contributed by atoms with Gasteiger partial charge < -0.3 is 14.6 Å². The van der Waals surface area contributed by atoms with Crippen LogP contribution in [0, 0.1) is 6.92 Å². The predicted molar refractivity (Wildman–Crippen MR) is 88.3 cm³/mol. The number of amides is 1. The second-order valence-electron chi connectivity index (χ2n) is 6.96.